The molecule has 0 unspecified atom stereocenters. The van der Waals surface area contributed by atoms with Crippen molar-refractivity contribution in [2.45, 2.75) is 12.7 Å². The van der Waals surface area contributed by atoms with Crippen molar-refractivity contribution >= 4 is 34.2 Å². The number of fused-ring (bicyclic) bond motifs is 1. The minimum atomic E-state index is -4.48. The molecule has 0 radical (unpaired) electrons. The van der Waals surface area contributed by atoms with E-state index >= 15 is 0 Å². The van der Waals surface area contributed by atoms with Crippen LogP contribution in [0.25, 0.3) is 0 Å². The molecule has 1 N–H and O–H groups in total. The Hall–Kier alpha value is -3.53. The molecule has 1 aromatic heterocycles. The number of rotatable bonds is 4. The Kier molecular flexibility index (Phi) is 4.86. The Morgan fingerprint density at radius 1 is 1.00 bits per heavy atom. The molecule has 0 bridgehead atoms. The number of anilines is 1. The Morgan fingerprint density at radius 3 is 2.17 bits per heavy atom. The average molecular weight is 431 g/mol. The largest absolute Gasteiger partial charge is 0.416 e. The van der Waals surface area contributed by atoms with Crippen LogP contribution in [0.1, 0.15) is 41.5 Å². The fourth-order valence-electron chi connectivity index (χ4n) is 2.96. The first-order valence-corrected chi connectivity index (χ1v) is 9.44. The molecule has 0 aliphatic carbocycles. The van der Waals surface area contributed by atoms with Gasteiger partial charge in [-0.05, 0) is 36.4 Å². The zero-order valence-corrected chi connectivity index (χ0v) is 15.9. The van der Waals surface area contributed by atoms with E-state index in [1.165, 1.54) is 6.20 Å². The van der Waals surface area contributed by atoms with Crippen molar-refractivity contribution in [2.24, 2.45) is 0 Å². The third kappa shape index (κ3) is 3.69. The highest BCUT2D eigenvalue weighted by atomic mass is 32.1. The fraction of sp³-hybridized carbons (Fsp3) is 0.100. The van der Waals surface area contributed by atoms with Crippen LogP contribution in [0.15, 0.2) is 54.7 Å². The van der Waals surface area contributed by atoms with E-state index in [4.69, 9.17) is 0 Å². The van der Waals surface area contributed by atoms with Gasteiger partial charge in [-0.2, -0.15) is 13.2 Å². The molecule has 0 saturated heterocycles. The SMILES string of the molecule is O=C(Nc1ncc(CN2C(=O)c3ccccc3C2=O)s1)c1ccc(C(F)(F)F)cc1. The van der Waals surface area contributed by atoms with Gasteiger partial charge in [0, 0.05) is 16.6 Å². The van der Waals surface area contributed by atoms with Gasteiger partial charge < -0.3 is 0 Å². The Bertz CT molecular complexity index is 1120. The lowest BCUT2D eigenvalue weighted by molar-refractivity contribution is -0.137. The summed E-state index contributed by atoms with van der Waals surface area (Å²) in [5.41, 5.74) is -0.137. The van der Waals surface area contributed by atoms with E-state index in [9.17, 15) is 27.6 Å². The summed E-state index contributed by atoms with van der Waals surface area (Å²) in [6.07, 6.45) is -3.06. The number of benzene rings is 2. The van der Waals surface area contributed by atoms with Gasteiger partial charge in [-0.1, -0.05) is 23.5 Å². The van der Waals surface area contributed by atoms with Gasteiger partial charge >= 0.3 is 6.18 Å². The highest BCUT2D eigenvalue weighted by molar-refractivity contribution is 7.15. The average Bonchev–Trinajstić information content (AvgIpc) is 3.26. The molecular formula is C20H12F3N3O3S. The van der Waals surface area contributed by atoms with Crippen molar-refractivity contribution in [3.63, 3.8) is 0 Å². The standard InChI is InChI=1S/C20H12F3N3O3S/c21-20(22,23)12-7-5-11(6-8-12)16(27)25-19-24-9-13(30-19)10-26-17(28)14-3-1-2-4-15(14)18(26)29/h1-9H,10H2,(H,24,25,27). The van der Waals surface area contributed by atoms with Crippen molar-refractivity contribution < 1.29 is 27.6 Å². The molecule has 2 heterocycles. The summed E-state index contributed by atoms with van der Waals surface area (Å²) in [7, 11) is 0. The number of nitrogens with zero attached hydrogens (tertiary/aromatic N) is 2. The first-order chi connectivity index (χ1) is 14.2. The number of hydrogen-bond donors (Lipinski definition) is 1. The highest BCUT2D eigenvalue weighted by Gasteiger charge is 2.35. The summed E-state index contributed by atoms with van der Waals surface area (Å²) in [4.78, 5) is 42.8. The van der Waals surface area contributed by atoms with Crippen LogP contribution in [0.2, 0.25) is 0 Å². The van der Waals surface area contributed by atoms with Crippen molar-refractivity contribution in [1.82, 2.24) is 9.88 Å². The molecule has 0 spiro atoms. The van der Waals surface area contributed by atoms with E-state index in [1.807, 2.05) is 0 Å². The smallest absolute Gasteiger partial charge is 0.298 e. The van der Waals surface area contributed by atoms with Crippen LogP contribution in [0.5, 0.6) is 0 Å². The van der Waals surface area contributed by atoms with Crippen LogP contribution >= 0.6 is 11.3 Å². The molecule has 2 aromatic carbocycles. The van der Waals surface area contributed by atoms with Gasteiger partial charge in [0.1, 0.15) is 0 Å². The Balaban J connectivity index is 1.43. The van der Waals surface area contributed by atoms with Gasteiger partial charge in [0.2, 0.25) is 0 Å². The highest BCUT2D eigenvalue weighted by Crippen LogP contribution is 2.30. The van der Waals surface area contributed by atoms with E-state index in [2.05, 4.69) is 10.3 Å². The monoisotopic (exact) mass is 431 g/mol. The number of thiazole rings is 1. The number of nitrogens with one attached hydrogen (secondary N) is 1. The van der Waals surface area contributed by atoms with Gasteiger partial charge in [-0.3, -0.25) is 24.6 Å². The lowest BCUT2D eigenvalue weighted by Gasteiger charge is -2.11. The molecule has 10 heteroatoms. The normalized spacial score (nSPS) is 13.5. The third-order valence-electron chi connectivity index (χ3n) is 4.44. The first kappa shape index (κ1) is 19.8. The van der Waals surface area contributed by atoms with Gasteiger partial charge in [0.05, 0.1) is 23.2 Å². The van der Waals surface area contributed by atoms with Crippen molar-refractivity contribution in [2.75, 3.05) is 5.32 Å². The minimum absolute atomic E-state index is 0.000162. The summed E-state index contributed by atoms with van der Waals surface area (Å²) in [5.74, 6) is -1.43. The summed E-state index contributed by atoms with van der Waals surface area (Å²) in [6, 6.07) is 10.3. The second-order valence-corrected chi connectivity index (χ2v) is 7.52. The lowest BCUT2D eigenvalue weighted by Crippen LogP contribution is -2.28. The second kappa shape index (κ2) is 7.38. The summed E-state index contributed by atoms with van der Waals surface area (Å²) < 4.78 is 37.9. The first-order valence-electron chi connectivity index (χ1n) is 8.62. The summed E-state index contributed by atoms with van der Waals surface area (Å²) >= 11 is 1.06. The van der Waals surface area contributed by atoms with Crippen LogP contribution in [0, 0.1) is 0 Å². The number of halogens is 3. The van der Waals surface area contributed by atoms with Crippen LogP contribution in [0.4, 0.5) is 18.3 Å². The van der Waals surface area contributed by atoms with Crippen LogP contribution in [-0.2, 0) is 12.7 Å². The number of hydrogen-bond acceptors (Lipinski definition) is 5. The molecule has 1 aliphatic rings. The topological polar surface area (TPSA) is 79.4 Å². The molecule has 4 rings (SSSR count). The van der Waals surface area contributed by atoms with Crippen LogP contribution < -0.4 is 5.32 Å². The van der Waals surface area contributed by atoms with Gasteiger partial charge in [-0.25, -0.2) is 4.98 Å². The molecule has 30 heavy (non-hydrogen) atoms. The van der Waals surface area contributed by atoms with Crippen LogP contribution in [-0.4, -0.2) is 27.6 Å². The van der Waals surface area contributed by atoms with E-state index in [1.54, 1.807) is 24.3 Å². The van der Waals surface area contributed by atoms with Gasteiger partial charge in [0.25, 0.3) is 17.7 Å². The maximum absolute atomic E-state index is 12.6. The zero-order chi connectivity index (χ0) is 21.5. The van der Waals surface area contributed by atoms with Crippen molar-refractivity contribution in [1.29, 1.82) is 0 Å². The Labute approximate surface area is 172 Å². The third-order valence-corrected chi connectivity index (χ3v) is 5.34. The van der Waals surface area contributed by atoms with Crippen LogP contribution in [0.3, 0.4) is 0 Å². The maximum Gasteiger partial charge on any atom is 0.416 e. The van der Waals surface area contributed by atoms with Crippen molar-refractivity contribution in [3.8, 4) is 0 Å². The molecule has 1 aliphatic heterocycles. The van der Waals surface area contributed by atoms with Gasteiger partial charge in [-0.15, -0.1) is 0 Å². The number of carbonyl (C=O) groups is 3. The summed E-state index contributed by atoms with van der Waals surface area (Å²) in [5, 5.41) is 2.70. The quantitative estimate of drug-likeness (QED) is 0.628. The Morgan fingerprint density at radius 2 is 1.60 bits per heavy atom. The van der Waals surface area contributed by atoms with Gasteiger partial charge in [0.15, 0.2) is 5.13 Å². The van der Waals surface area contributed by atoms with E-state index in [0.717, 1.165) is 40.5 Å². The van der Waals surface area contributed by atoms with Crippen molar-refractivity contribution in [3.05, 3.63) is 81.9 Å². The number of aromatic nitrogens is 1. The molecular weight excluding hydrogens is 419 g/mol. The minimum Gasteiger partial charge on any atom is -0.298 e. The molecule has 3 amide bonds. The number of imide groups is 1. The molecule has 6 nitrogen and oxygen atoms in total. The molecule has 0 fully saturated rings. The predicted octanol–water partition coefficient (Wildman–Crippen LogP) is 4.21. The molecule has 0 saturated carbocycles. The van der Waals surface area contributed by atoms with E-state index in [0.29, 0.717) is 16.0 Å². The predicted molar refractivity (Wildman–Crippen MR) is 102 cm³/mol. The summed E-state index contributed by atoms with van der Waals surface area (Å²) in [6.45, 7) is 0.000162. The zero-order valence-electron chi connectivity index (χ0n) is 15.1. The fourth-order valence-corrected chi connectivity index (χ4v) is 3.75. The number of alkyl halides is 3. The lowest BCUT2D eigenvalue weighted by atomic mass is 10.1. The second-order valence-electron chi connectivity index (χ2n) is 6.40. The van der Waals surface area contributed by atoms with E-state index < -0.39 is 29.5 Å². The van der Waals surface area contributed by atoms with E-state index in [-0.39, 0.29) is 17.2 Å². The molecule has 152 valence electrons. The number of carbonyl (C=O) groups excluding carboxylic acids is 3. The maximum atomic E-state index is 12.6. The molecule has 0 atom stereocenters. The molecule has 3 aromatic rings. The number of amides is 3.